The second-order valence-electron chi connectivity index (χ2n) is 4.60. The Bertz CT molecular complexity index is 297. The van der Waals surface area contributed by atoms with Crippen molar-refractivity contribution in [2.45, 2.75) is 51.9 Å². The number of unbranched alkanes of at least 4 members (excludes halogenated alkanes) is 3. The molecule has 1 aromatic rings. The van der Waals surface area contributed by atoms with Crippen molar-refractivity contribution in [3.63, 3.8) is 0 Å². The van der Waals surface area contributed by atoms with E-state index >= 15 is 0 Å². The first kappa shape index (κ1) is 13.0. The molecular formula is C16H24. The van der Waals surface area contributed by atoms with E-state index in [4.69, 9.17) is 0 Å². The van der Waals surface area contributed by atoms with Gasteiger partial charge in [-0.05, 0) is 18.4 Å². The van der Waals surface area contributed by atoms with Crippen LogP contribution in [0, 0.1) is 0 Å². The maximum atomic E-state index is 4.23. The smallest absolute Gasteiger partial charge is 0.00171 e. The van der Waals surface area contributed by atoms with Crippen LogP contribution in [-0.2, 0) is 0 Å². The topological polar surface area (TPSA) is 0 Å². The minimum absolute atomic E-state index is 0.503. The molecule has 0 heteroatoms. The fraction of sp³-hybridized carbons (Fsp3) is 0.500. The van der Waals surface area contributed by atoms with Gasteiger partial charge in [0.15, 0.2) is 0 Å². The third kappa shape index (κ3) is 4.22. The van der Waals surface area contributed by atoms with Gasteiger partial charge in [0.1, 0.15) is 0 Å². The summed E-state index contributed by atoms with van der Waals surface area (Å²) in [5.74, 6) is 0.503. The molecule has 88 valence electrons. The van der Waals surface area contributed by atoms with Crippen LogP contribution in [0.2, 0.25) is 0 Å². The first-order valence-electron chi connectivity index (χ1n) is 6.48. The summed E-state index contributed by atoms with van der Waals surface area (Å²) in [6.07, 6.45) is 6.48. The average molecular weight is 216 g/mol. The highest BCUT2D eigenvalue weighted by Crippen LogP contribution is 2.26. The third-order valence-electron chi connectivity index (χ3n) is 3.26. The van der Waals surface area contributed by atoms with Crippen molar-refractivity contribution >= 4 is 0 Å². The molecule has 0 saturated carbocycles. The van der Waals surface area contributed by atoms with Gasteiger partial charge in [-0.15, -0.1) is 0 Å². The molecule has 0 aliphatic rings. The summed E-state index contributed by atoms with van der Waals surface area (Å²) in [4.78, 5) is 0. The average Bonchev–Trinajstić information content (AvgIpc) is 2.34. The lowest BCUT2D eigenvalue weighted by Gasteiger charge is -2.15. The van der Waals surface area contributed by atoms with E-state index in [9.17, 15) is 0 Å². The highest BCUT2D eigenvalue weighted by molar-refractivity contribution is 5.26. The van der Waals surface area contributed by atoms with Crippen molar-refractivity contribution in [1.29, 1.82) is 0 Å². The van der Waals surface area contributed by atoms with Crippen molar-refractivity contribution in [2.75, 3.05) is 0 Å². The van der Waals surface area contributed by atoms with Gasteiger partial charge in [-0.25, -0.2) is 0 Å². The van der Waals surface area contributed by atoms with Crippen LogP contribution in [0.5, 0.6) is 0 Å². The van der Waals surface area contributed by atoms with E-state index in [1.165, 1.54) is 43.2 Å². The van der Waals surface area contributed by atoms with Crippen LogP contribution in [0.3, 0.4) is 0 Å². The van der Waals surface area contributed by atoms with Crippen molar-refractivity contribution in [1.82, 2.24) is 0 Å². The first-order chi connectivity index (χ1) is 7.75. The predicted molar refractivity (Wildman–Crippen MR) is 72.8 cm³/mol. The fourth-order valence-corrected chi connectivity index (χ4v) is 1.97. The molecule has 0 fully saturated rings. The van der Waals surface area contributed by atoms with Crippen LogP contribution in [0.15, 0.2) is 42.5 Å². The molecule has 1 unspecified atom stereocenters. The Morgan fingerprint density at radius 3 is 2.44 bits per heavy atom. The summed E-state index contributed by atoms with van der Waals surface area (Å²) < 4.78 is 0. The normalized spacial score (nSPS) is 12.4. The summed E-state index contributed by atoms with van der Waals surface area (Å²) in [7, 11) is 0. The van der Waals surface area contributed by atoms with Crippen LogP contribution in [0.25, 0.3) is 0 Å². The Morgan fingerprint density at radius 2 is 1.81 bits per heavy atom. The van der Waals surface area contributed by atoms with E-state index in [-0.39, 0.29) is 0 Å². The highest BCUT2D eigenvalue weighted by atomic mass is 14.1. The lowest BCUT2D eigenvalue weighted by molar-refractivity contribution is 0.647. The molecule has 0 aromatic heterocycles. The predicted octanol–water partition coefficient (Wildman–Crippen LogP) is 5.32. The Morgan fingerprint density at radius 1 is 1.12 bits per heavy atom. The molecular weight excluding hydrogens is 192 g/mol. The molecule has 0 amide bonds. The van der Waals surface area contributed by atoms with Gasteiger partial charge in [0.25, 0.3) is 0 Å². The molecule has 0 heterocycles. The molecule has 0 aliphatic heterocycles. The van der Waals surface area contributed by atoms with E-state index in [0.717, 1.165) is 0 Å². The monoisotopic (exact) mass is 216 g/mol. The van der Waals surface area contributed by atoms with Crippen LogP contribution in [-0.4, -0.2) is 0 Å². The molecule has 1 atom stereocenters. The molecule has 0 spiro atoms. The van der Waals surface area contributed by atoms with Gasteiger partial charge in [-0.1, -0.05) is 75.6 Å². The van der Waals surface area contributed by atoms with Crippen molar-refractivity contribution in [3.05, 3.63) is 48.0 Å². The molecule has 1 rings (SSSR count). The summed E-state index contributed by atoms with van der Waals surface area (Å²) in [5.41, 5.74) is 2.77. The van der Waals surface area contributed by atoms with Crippen LogP contribution >= 0.6 is 0 Å². The number of hydrogen-bond donors (Lipinski definition) is 0. The second-order valence-corrected chi connectivity index (χ2v) is 4.60. The Kier molecular flexibility index (Phi) is 5.92. The molecule has 0 bridgehead atoms. The zero-order chi connectivity index (χ0) is 11.8. The summed E-state index contributed by atoms with van der Waals surface area (Å²) in [5, 5.41) is 0. The van der Waals surface area contributed by atoms with Gasteiger partial charge in [-0.3, -0.25) is 0 Å². The molecule has 0 saturated heterocycles. The third-order valence-corrected chi connectivity index (χ3v) is 3.26. The SMILES string of the molecule is C=C(CCCCCC)C(C)c1ccccc1. The van der Waals surface area contributed by atoms with Crippen LogP contribution < -0.4 is 0 Å². The summed E-state index contributed by atoms with van der Waals surface area (Å²) >= 11 is 0. The standard InChI is InChI=1S/C16H24/c1-4-5-6-8-11-14(2)15(3)16-12-9-7-10-13-16/h7,9-10,12-13,15H,2,4-6,8,11H2,1,3H3. The van der Waals surface area contributed by atoms with E-state index in [2.05, 4.69) is 50.8 Å². The maximum absolute atomic E-state index is 4.23. The molecule has 0 N–H and O–H groups in total. The molecule has 1 aromatic carbocycles. The van der Waals surface area contributed by atoms with Gasteiger partial charge < -0.3 is 0 Å². The largest absolute Gasteiger partial charge is 0.0993 e. The lowest BCUT2D eigenvalue weighted by Crippen LogP contribution is -1.97. The molecule has 0 radical (unpaired) electrons. The Hall–Kier alpha value is -1.04. The first-order valence-corrected chi connectivity index (χ1v) is 6.48. The lowest BCUT2D eigenvalue weighted by atomic mass is 9.90. The zero-order valence-corrected chi connectivity index (χ0v) is 10.7. The second kappa shape index (κ2) is 7.27. The van der Waals surface area contributed by atoms with E-state index < -0.39 is 0 Å². The number of hydrogen-bond acceptors (Lipinski definition) is 0. The van der Waals surface area contributed by atoms with Crippen molar-refractivity contribution in [3.8, 4) is 0 Å². The number of allylic oxidation sites excluding steroid dienone is 1. The van der Waals surface area contributed by atoms with E-state index in [0.29, 0.717) is 5.92 Å². The maximum Gasteiger partial charge on any atom is 0.00171 e. The zero-order valence-electron chi connectivity index (χ0n) is 10.7. The van der Waals surface area contributed by atoms with E-state index in [1.54, 1.807) is 0 Å². The van der Waals surface area contributed by atoms with Gasteiger partial charge in [0, 0.05) is 5.92 Å². The minimum Gasteiger partial charge on any atom is -0.0993 e. The van der Waals surface area contributed by atoms with Gasteiger partial charge in [-0.2, -0.15) is 0 Å². The van der Waals surface area contributed by atoms with Crippen molar-refractivity contribution in [2.24, 2.45) is 0 Å². The molecule has 16 heavy (non-hydrogen) atoms. The van der Waals surface area contributed by atoms with Gasteiger partial charge in [0.05, 0.1) is 0 Å². The molecule has 0 aliphatic carbocycles. The van der Waals surface area contributed by atoms with Gasteiger partial charge >= 0.3 is 0 Å². The summed E-state index contributed by atoms with van der Waals surface area (Å²) in [6, 6.07) is 10.7. The van der Waals surface area contributed by atoms with Crippen LogP contribution in [0.1, 0.15) is 57.4 Å². The molecule has 0 nitrogen and oxygen atoms in total. The Labute approximate surface area is 100 Å². The Balaban J connectivity index is 2.37. The highest BCUT2D eigenvalue weighted by Gasteiger charge is 2.08. The van der Waals surface area contributed by atoms with Crippen molar-refractivity contribution < 1.29 is 0 Å². The van der Waals surface area contributed by atoms with Crippen LogP contribution in [0.4, 0.5) is 0 Å². The minimum atomic E-state index is 0.503. The summed E-state index contributed by atoms with van der Waals surface area (Å²) in [6.45, 7) is 8.74. The quantitative estimate of drug-likeness (QED) is 0.427. The number of rotatable bonds is 7. The van der Waals surface area contributed by atoms with Gasteiger partial charge in [0.2, 0.25) is 0 Å². The fourth-order valence-electron chi connectivity index (χ4n) is 1.97. The van der Waals surface area contributed by atoms with E-state index in [1.807, 2.05) is 0 Å². The number of benzene rings is 1.